The number of nitrogens with zero attached hydrogens (tertiary/aromatic N) is 1. The van der Waals surface area contributed by atoms with E-state index >= 15 is 0 Å². The van der Waals surface area contributed by atoms with Crippen LogP contribution in [0.5, 0.6) is 0 Å². The zero-order valence-electron chi connectivity index (χ0n) is 7.51. The molecule has 0 aliphatic carbocycles. The molecule has 2 aromatic rings. The minimum Gasteiger partial charge on any atom is -0.463 e. The number of hydrogen-bond donors (Lipinski definition) is 0. The van der Waals surface area contributed by atoms with Crippen LogP contribution in [-0.2, 0) is 16.1 Å². The first-order valence-corrected chi connectivity index (χ1v) is 4.29. The van der Waals surface area contributed by atoms with Crippen LogP contribution in [0.3, 0.4) is 0 Å². The van der Waals surface area contributed by atoms with E-state index in [0.717, 1.165) is 16.5 Å². The van der Waals surface area contributed by atoms with E-state index in [2.05, 4.69) is 4.98 Å². The third-order valence-corrected chi connectivity index (χ3v) is 2.04. The molecular formula is C11H9NO2. The molecule has 2 rings (SSSR count). The zero-order valence-corrected chi connectivity index (χ0v) is 7.51. The Balaban J connectivity index is 2.48. The van der Waals surface area contributed by atoms with Crippen LogP contribution in [0.4, 0.5) is 0 Å². The van der Waals surface area contributed by atoms with Crippen molar-refractivity contribution in [1.29, 1.82) is 0 Å². The molecule has 0 saturated carbocycles. The van der Waals surface area contributed by atoms with E-state index in [1.807, 2.05) is 30.3 Å². The van der Waals surface area contributed by atoms with Gasteiger partial charge in [-0.15, -0.1) is 0 Å². The van der Waals surface area contributed by atoms with Crippen molar-refractivity contribution in [3.05, 3.63) is 42.1 Å². The molecule has 0 aliphatic heterocycles. The van der Waals surface area contributed by atoms with Crippen molar-refractivity contribution in [2.75, 3.05) is 0 Å². The summed E-state index contributed by atoms with van der Waals surface area (Å²) in [5, 5.41) is 1.02. The van der Waals surface area contributed by atoms with Gasteiger partial charge in [-0.3, -0.25) is 9.78 Å². The summed E-state index contributed by atoms with van der Waals surface area (Å²) in [6.07, 6.45) is 1.74. The topological polar surface area (TPSA) is 39.2 Å². The summed E-state index contributed by atoms with van der Waals surface area (Å²) in [5.74, 6) is 0. The molecule has 0 radical (unpaired) electrons. The predicted molar refractivity (Wildman–Crippen MR) is 52.6 cm³/mol. The minimum absolute atomic E-state index is 0.298. The molecular weight excluding hydrogens is 178 g/mol. The molecule has 3 heteroatoms. The van der Waals surface area contributed by atoms with E-state index in [-0.39, 0.29) is 0 Å². The molecule has 0 fully saturated rings. The first-order valence-electron chi connectivity index (χ1n) is 4.29. The number of rotatable bonds is 3. The Labute approximate surface area is 81.3 Å². The summed E-state index contributed by atoms with van der Waals surface area (Å²) >= 11 is 0. The van der Waals surface area contributed by atoms with Gasteiger partial charge in [0.05, 0.1) is 5.52 Å². The Morgan fingerprint density at radius 3 is 3.07 bits per heavy atom. The van der Waals surface area contributed by atoms with E-state index < -0.39 is 0 Å². The summed E-state index contributed by atoms with van der Waals surface area (Å²) in [6.45, 7) is 0.752. The average molecular weight is 187 g/mol. The lowest BCUT2D eigenvalue weighted by Gasteiger charge is -2.03. The summed E-state index contributed by atoms with van der Waals surface area (Å²) in [6, 6.07) is 9.59. The SMILES string of the molecule is O=COCc1cccc2ncccc12. The predicted octanol–water partition coefficient (Wildman–Crippen LogP) is 1.91. The maximum atomic E-state index is 10.1. The maximum Gasteiger partial charge on any atom is 0.293 e. The Morgan fingerprint density at radius 2 is 2.21 bits per heavy atom. The molecule has 1 aromatic carbocycles. The van der Waals surface area contributed by atoms with Gasteiger partial charge in [0, 0.05) is 11.6 Å². The fraction of sp³-hybridized carbons (Fsp3) is 0.0909. The molecule has 0 aliphatic rings. The molecule has 70 valence electrons. The quantitative estimate of drug-likeness (QED) is 0.689. The highest BCUT2D eigenvalue weighted by Crippen LogP contribution is 2.16. The number of carbonyl (C=O) groups is 1. The van der Waals surface area contributed by atoms with Crippen LogP contribution in [0.1, 0.15) is 5.56 Å². The smallest absolute Gasteiger partial charge is 0.293 e. The highest BCUT2D eigenvalue weighted by Gasteiger charge is 2.00. The third kappa shape index (κ3) is 1.57. The van der Waals surface area contributed by atoms with Crippen molar-refractivity contribution in [3.8, 4) is 0 Å². The molecule has 1 heterocycles. The fourth-order valence-electron chi connectivity index (χ4n) is 1.42. The number of carbonyl (C=O) groups excluding carboxylic acids is 1. The fourth-order valence-corrected chi connectivity index (χ4v) is 1.42. The van der Waals surface area contributed by atoms with Crippen LogP contribution >= 0.6 is 0 Å². The Morgan fingerprint density at radius 1 is 1.29 bits per heavy atom. The lowest BCUT2D eigenvalue weighted by atomic mass is 10.1. The summed E-state index contributed by atoms with van der Waals surface area (Å²) in [7, 11) is 0. The van der Waals surface area contributed by atoms with Gasteiger partial charge in [-0.1, -0.05) is 18.2 Å². The molecule has 0 spiro atoms. The van der Waals surface area contributed by atoms with Gasteiger partial charge in [0.15, 0.2) is 0 Å². The van der Waals surface area contributed by atoms with E-state index in [1.54, 1.807) is 6.20 Å². The van der Waals surface area contributed by atoms with Gasteiger partial charge in [-0.05, 0) is 17.7 Å². The molecule has 0 amide bonds. The molecule has 0 atom stereocenters. The maximum absolute atomic E-state index is 10.1. The van der Waals surface area contributed by atoms with Crippen LogP contribution in [0.2, 0.25) is 0 Å². The molecule has 0 unspecified atom stereocenters. The molecule has 0 saturated heterocycles. The minimum atomic E-state index is 0.298. The first kappa shape index (κ1) is 8.69. The molecule has 3 nitrogen and oxygen atoms in total. The van der Waals surface area contributed by atoms with Gasteiger partial charge in [0.1, 0.15) is 6.61 Å². The highest BCUT2D eigenvalue weighted by molar-refractivity contribution is 5.81. The van der Waals surface area contributed by atoms with Gasteiger partial charge in [0.2, 0.25) is 0 Å². The van der Waals surface area contributed by atoms with E-state index in [9.17, 15) is 4.79 Å². The van der Waals surface area contributed by atoms with Gasteiger partial charge < -0.3 is 4.74 Å². The summed E-state index contributed by atoms with van der Waals surface area (Å²) in [5.41, 5.74) is 1.89. The third-order valence-electron chi connectivity index (χ3n) is 2.04. The highest BCUT2D eigenvalue weighted by atomic mass is 16.5. The Hall–Kier alpha value is -1.90. The summed E-state index contributed by atoms with van der Waals surface area (Å²) < 4.78 is 4.72. The first-order chi connectivity index (χ1) is 6.92. The molecule has 0 N–H and O–H groups in total. The van der Waals surface area contributed by atoms with Crippen molar-refractivity contribution in [1.82, 2.24) is 4.98 Å². The van der Waals surface area contributed by atoms with Crippen LogP contribution in [-0.4, -0.2) is 11.5 Å². The number of benzene rings is 1. The Bertz CT molecular complexity index is 448. The molecule has 14 heavy (non-hydrogen) atoms. The number of aromatic nitrogens is 1. The van der Waals surface area contributed by atoms with Crippen LogP contribution in [0.25, 0.3) is 10.9 Å². The van der Waals surface area contributed by atoms with Crippen molar-refractivity contribution < 1.29 is 9.53 Å². The zero-order chi connectivity index (χ0) is 9.80. The monoisotopic (exact) mass is 187 g/mol. The number of pyridine rings is 1. The van der Waals surface area contributed by atoms with E-state index in [0.29, 0.717) is 13.1 Å². The van der Waals surface area contributed by atoms with E-state index in [4.69, 9.17) is 4.74 Å². The van der Waals surface area contributed by atoms with Crippen molar-refractivity contribution >= 4 is 17.4 Å². The summed E-state index contributed by atoms with van der Waals surface area (Å²) in [4.78, 5) is 14.3. The van der Waals surface area contributed by atoms with Crippen molar-refractivity contribution in [2.45, 2.75) is 6.61 Å². The normalized spacial score (nSPS) is 10.0. The van der Waals surface area contributed by atoms with Gasteiger partial charge in [0.25, 0.3) is 6.47 Å². The van der Waals surface area contributed by atoms with Gasteiger partial charge >= 0.3 is 0 Å². The number of fused-ring (bicyclic) bond motifs is 1. The van der Waals surface area contributed by atoms with Crippen LogP contribution in [0, 0.1) is 0 Å². The van der Waals surface area contributed by atoms with Crippen molar-refractivity contribution in [2.24, 2.45) is 0 Å². The molecule has 0 bridgehead atoms. The Kier molecular flexibility index (Phi) is 2.40. The second kappa shape index (κ2) is 3.87. The lowest BCUT2D eigenvalue weighted by Crippen LogP contribution is -1.91. The standard InChI is InChI=1S/C11H9NO2/c13-8-14-7-9-3-1-5-11-10(9)4-2-6-12-11/h1-6,8H,7H2. The number of ether oxygens (including phenoxy) is 1. The van der Waals surface area contributed by atoms with Crippen LogP contribution in [0.15, 0.2) is 36.5 Å². The second-order valence-corrected chi connectivity index (χ2v) is 2.89. The van der Waals surface area contributed by atoms with Gasteiger partial charge in [-0.25, -0.2) is 0 Å². The number of hydrogen-bond acceptors (Lipinski definition) is 3. The van der Waals surface area contributed by atoms with Gasteiger partial charge in [-0.2, -0.15) is 0 Å². The second-order valence-electron chi connectivity index (χ2n) is 2.89. The largest absolute Gasteiger partial charge is 0.463 e. The molecule has 1 aromatic heterocycles. The lowest BCUT2D eigenvalue weighted by molar-refractivity contribution is -0.129. The van der Waals surface area contributed by atoms with Crippen molar-refractivity contribution in [3.63, 3.8) is 0 Å². The average Bonchev–Trinajstić information content (AvgIpc) is 2.26. The van der Waals surface area contributed by atoms with Crippen LogP contribution < -0.4 is 0 Å². The van der Waals surface area contributed by atoms with E-state index in [1.165, 1.54) is 0 Å².